The maximum atomic E-state index is 11.1. The summed E-state index contributed by atoms with van der Waals surface area (Å²) in [5, 5.41) is 11.9. The smallest absolute Gasteiger partial charge is 0.303 e. The van der Waals surface area contributed by atoms with Crippen LogP contribution in [0.2, 0.25) is 0 Å². The van der Waals surface area contributed by atoms with E-state index in [-0.39, 0.29) is 6.42 Å². The molecule has 3 heterocycles. The van der Waals surface area contributed by atoms with Crippen molar-refractivity contribution < 1.29 is 14.6 Å². The van der Waals surface area contributed by atoms with E-state index in [4.69, 9.17) is 9.84 Å². The van der Waals surface area contributed by atoms with Crippen molar-refractivity contribution in [3.8, 4) is 27.6 Å². The van der Waals surface area contributed by atoms with Gasteiger partial charge in [-0.1, -0.05) is 42.5 Å². The van der Waals surface area contributed by atoms with Gasteiger partial charge in [0.2, 0.25) is 0 Å². The lowest BCUT2D eigenvalue weighted by Crippen LogP contribution is -1.99. The third-order valence-electron chi connectivity index (χ3n) is 5.66. The Morgan fingerprint density at radius 1 is 1.03 bits per heavy atom. The molecule has 0 aliphatic carbocycles. The van der Waals surface area contributed by atoms with Gasteiger partial charge in [0.05, 0.1) is 11.9 Å². The van der Waals surface area contributed by atoms with Crippen molar-refractivity contribution >= 4 is 17.3 Å². The molecule has 0 amide bonds. The van der Waals surface area contributed by atoms with Crippen LogP contribution in [0.4, 0.5) is 0 Å². The maximum Gasteiger partial charge on any atom is 0.303 e. The number of hydrogen-bond acceptors (Lipinski definition) is 6. The molecule has 8 heteroatoms. The van der Waals surface area contributed by atoms with Crippen LogP contribution in [0.1, 0.15) is 23.2 Å². The summed E-state index contributed by atoms with van der Waals surface area (Å²) in [4.78, 5) is 24.1. The SMILES string of the molecule is O=C(O)CCc1cn(Cc2ccc(OCc3csc(-c4cnccn4)n3)cc2)cc1-c1ccccc1. The molecule has 1 N–H and O–H groups in total. The van der Waals surface area contributed by atoms with Crippen molar-refractivity contribution in [3.05, 3.63) is 108 Å². The van der Waals surface area contributed by atoms with Gasteiger partial charge in [0.15, 0.2) is 0 Å². The summed E-state index contributed by atoms with van der Waals surface area (Å²) in [5.74, 6) is -0.0209. The Balaban J connectivity index is 1.23. The highest BCUT2D eigenvalue weighted by atomic mass is 32.1. The fraction of sp³-hybridized carbons (Fsp3) is 0.143. The minimum Gasteiger partial charge on any atom is -0.487 e. The van der Waals surface area contributed by atoms with Gasteiger partial charge in [0.25, 0.3) is 0 Å². The van der Waals surface area contributed by atoms with Crippen LogP contribution in [0.3, 0.4) is 0 Å². The molecule has 5 rings (SSSR count). The van der Waals surface area contributed by atoms with E-state index in [0.717, 1.165) is 44.4 Å². The Kier molecular flexibility index (Phi) is 7.14. The standard InChI is InChI=1S/C28H24N4O3S/c33-27(34)11-8-22-16-32(17-25(22)21-4-2-1-3-5-21)15-20-6-9-24(10-7-20)35-18-23-19-36-28(31-23)26-14-29-12-13-30-26/h1-7,9-10,12-14,16-17,19H,8,11,15,18H2,(H,33,34). The normalized spacial score (nSPS) is 10.9. The number of nitrogens with zero attached hydrogens (tertiary/aromatic N) is 4. The second-order valence-corrected chi connectivity index (χ2v) is 9.15. The highest BCUT2D eigenvalue weighted by Gasteiger charge is 2.11. The summed E-state index contributed by atoms with van der Waals surface area (Å²) in [6.07, 6.45) is 9.73. The molecule has 0 fully saturated rings. The maximum absolute atomic E-state index is 11.1. The Labute approximate surface area is 212 Å². The third-order valence-corrected chi connectivity index (χ3v) is 6.58. The number of hydrogen-bond donors (Lipinski definition) is 1. The zero-order valence-corrected chi connectivity index (χ0v) is 20.3. The van der Waals surface area contributed by atoms with Crippen molar-refractivity contribution in [3.63, 3.8) is 0 Å². The van der Waals surface area contributed by atoms with E-state index < -0.39 is 5.97 Å². The number of carbonyl (C=O) groups is 1. The van der Waals surface area contributed by atoms with Gasteiger partial charge in [-0.3, -0.25) is 14.8 Å². The number of thiazole rings is 1. The molecule has 2 aromatic carbocycles. The van der Waals surface area contributed by atoms with Crippen molar-refractivity contribution in [1.29, 1.82) is 0 Å². The summed E-state index contributed by atoms with van der Waals surface area (Å²) in [5.41, 5.74) is 5.92. The van der Waals surface area contributed by atoms with Crippen molar-refractivity contribution in [2.75, 3.05) is 0 Å². The average molecular weight is 497 g/mol. The highest BCUT2D eigenvalue weighted by molar-refractivity contribution is 7.13. The van der Waals surface area contributed by atoms with Crippen molar-refractivity contribution in [1.82, 2.24) is 19.5 Å². The predicted octanol–water partition coefficient (Wildman–Crippen LogP) is 5.71. The molecular formula is C28H24N4O3S. The van der Waals surface area contributed by atoms with Crippen LogP contribution in [0.15, 0.2) is 91.0 Å². The molecule has 5 aromatic rings. The summed E-state index contributed by atoms with van der Waals surface area (Å²) in [6, 6.07) is 18.1. The van der Waals surface area contributed by atoms with E-state index in [1.54, 1.807) is 18.6 Å². The third kappa shape index (κ3) is 5.84. The molecule has 0 saturated heterocycles. The van der Waals surface area contributed by atoms with Gasteiger partial charge in [0, 0.05) is 48.7 Å². The van der Waals surface area contributed by atoms with Crippen LogP contribution < -0.4 is 4.74 Å². The molecule has 3 aromatic heterocycles. The number of aromatic nitrogens is 4. The molecular weight excluding hydrogens is 472 g/mol. The Morgan fingerprint density at radius 3 is 2.61 bits per heavy atom. The lowest BCUT2D eigenvalue weighted by molar-refractivity contribution is -0.136. The highest BCUT2D eigenvalue weighted by Crippen LogP contribution is 2.27. The zero-order valence-electron chi connectivity index (χ0n) is 19.4. The fourth-order valence-corrected chi connectivity index (χ4v) is 4.69. The summed E-state index contributed by atoms with van der Waals surface area (Å²) < 4.78 is 8.04. The number of aryl methyl sites for hydroxylation is 1. The Hall–Kier alpha value is -4.30. The molecule has 0 atom stereocenters. The lowest BCUT2D eigenvalue weighted by Gasteiger charge is -2.07. The van der Waals surface area contributed by atoms with Gasteiger partial charge >= 0.3 is 5.97 Å². The zero-order chi connectivity index (χ0) is 24.7. The van der Waals surface area contributed by atoms with Gasteiger partial charge < -0.3 is 14.4 Å². The van der Waals surface area contributed by atoms with Crippen LogP contribution in [0.25, 0.3) is 21.8 Å². The number of ether oxygens (including phenoxy) is 1. The number of carboxylic acids is 1. The van der Waals surface area contributed by atoms with E-state index in [1.165, 1.54) is 11.3 Å². The van der Waals surface area contributed by atoms with Gasteiger partial charge in [-0.15, -0.1) is 11.3 Å². The molecule has 7 nitrogen and oxygen atoms in total. The minimum atomic E-state index is -0.792. The molecule has 180 valence electrons. The van der Waals surface area contributed by atoms with Crippen molar-refractivity contribution in [2.24, 2.45) is 0 Å². The van der Waals surface area contributed by atoms with Crippen LogP contribution in [-0.2, 0) is 24.4 Å². The Morgan fingerprint density at radius 2 is 1.86 bits per heavy atom. The number of aliphatic carboxylic acids is 1. The van der Waals surface area contributed by atoms with Crippen LogP contribution >= 0.6 is 11.3 Å². The first kappa shape index (κ1) is 23.4. The summed E-state index contributed by atoms with van der Waals surface area (Å²) >= 11 is 1.52. The largest absolute Gasteiger partial charge is 0.487 e. The van der Waals surface area contributed by atoms with Crippen LogP contribution in [-0.4, -0.2) is 30.6 Å². The minimum absolute atomic E-state index is 0.106. The first-order chi connectivity index (χ1) is 17.6. The Bertz CT molecular complexity index is 1430. The number of benzene rings is 2. The molecule has 0 aliphatic rings. The first-order valence-electron chi connectivity index (χ1n) is 11.5. The molecule has 0 saturated carbocycles. The topological polar surface area (TPSA) is 90.1 Å². The van der Waals surface area contributed by atoms with Gasteiger partial charge in [0.1, 0.15) is 23.1 Å². The quantitative estimate of drug-likeness (QED) is 0.266. The molecule has 0 unspecified atom stereocenters. The molecule has 0 radical (unpaired) electrons. The molecule has 0 aliphatic heterocycles. The number of rotatable bonds is 10. The van der Waals surface area contributed by atoms with E-state index >= 15 is 0 Å². The fourth-order valence-electron chi connectivity index (χ4n) is 3.93. The van der Waals surface area contributed by atoms with E-state index in [0.29, 0.717) is 19.6 Å². The van der Waals surface area contributed by atoms with Gasteiger partial charge in [-0.05, 0) is 35.2 Å². The lowest BCUT2D eigenvalue weighted by atomic mass is 10.0. The summed E-state index contributed by atoms with van der Waals surface area (Å²) in [6.45, 7) is 1.06. The van der Waals surface area contributed by atoms with E-state index in [9.17, 15) is 4.79 Å². The molecule has 0 bridgehead atoms. The monoisotopic (exact) mass is 496 g/mol. The molecule has 36 heavy (non-hydrogen) atoms. The first-order valence-corrected chi connectivity index (χ1v) is 12.4. The van der Waals surface area contributed by atoms with Gasteiger partial charge in [-0.2, -0.15) is 0 Å². The predicted molar refractivity (Wildman–Crippen MR) is 139 cm³/mol. The second kappa shape index (κ2) is 11.0. The average Bonchev–Trinajstić information content (AvgIpc) is 3.55. The van der Waals surface area contributed by atoms with Crippen LogP contribution in [0, 0.1) is 0 Å². The van der Waals surface area contributed by atoms with Gasteiger partial charge in [-0.25, -0.2) is 4.98 Å². The molecule has 0 spiro atoms. The second-order valence-electron chi connectivity index (χ2n) is 8.30. The van der Waals surface area contributed by atoms with E-state index in [1.807, 2.05) is 54.0 Å². The van der Waals surface area contributed by atoms with E-state index in [2.05, 4.69) is 37.8 Å². The van der Waals surface area contributed by atoms with Crippen molar-refractivity contribution in [2.45, 2.75) is 26.0 Å². The van der Waals surface area contributed by atoms with Crippen LogP contribution in [0.5, 0.6) is 5.75 Å². The number of carboxylic acid groups (broad SMARTS) is 1. The summed E-state index contributed by atoms with van der Waals surface area (Å²) in [7, 11) is 0.